The standard InChI is InChI=1S/C16H23N3O4/c1-16(2,15(20)23-3)10-12-6-8-18(9-7-12)14-5-4-13(11-17-14)19(21)22/h4-5,11-12H,6-10H2,1-3H3. The quantitative estimate of drug-likeness (QED) is 0.471. The summed E-state index contributed by atoms with van der Waals surface area (Å²) < 4.78 is 4.86. The number of ether oxygens (including phenoxy) is 1. The molecule has 1 fully saturated rings. The lowest BCUT2D eigenvalue weighted by atomic mass is 9.79. The Hall–Kier alpha value is -2.18. The number of piperidine rings is 1. The summed E-state index contributed by atoms with van der Waals surface area (Å²) in [4.78, 5) is 28.3. The van der Waals surface area contributed by atoms with Crippen molar-refractivity contribution in [3.05, 3.63) is 28.4 Å². The van der Waals surface area contributed by atoms with Crippen molar-refractivity contribution < 1.29 is 14.5 Å². The van der Waals surface area contributed by atoms with E-state index >= 15 is 0 Å². The molecular formula is C16H23N3O4. The largest absolute Gasteiger partial charge is 0.469 e. The Morgan fingerprint density at radius 1 is 1.43 bits per heavy atom. The fourth-order valence-corrected chi connectivity index (χ4v) is 3.12. The van der Waals surface area contributed by atoms with E-state index in [9.17, 15) is 14.9 Å². The summed E-state index contributed by atoms with van der Waals surface area (Å²) in [6.45, 7) is 5.52. The van der Waals surface area contributed by atoms with Gasteiger partial charge in [0.25, 0.3) is 5.69 Å². The number of pyridine rings is 1. The molecule has 0 spiro atoms. The minimum absolute atomic E-state index is 0.00321. The van der Waals surface area contributed by atoms with Gasteiger partial charge >= 0.3 is 5.97 Å². The van der Waals surface area contributed by atoms with Gasteiger partial charge in [-0.25, -0.2) is 4.98 Å². The van der Waals surface area contributed by atoms with Crippen LogP contribution >= 0.6 is 0 Å². The van der Waals surface area contributed by atoms with Crippen LogP contribution < -0.4 is 4.90 Å². The van der Waals surface area contributed by atoms with Crippen molar-refractivity contribution in [2.45, 2.75) is 33.1 Å². The Morgan fingerprint density at radius 3 is 2.57 bits per heavy atom. The summed E-state index contributed by atoms with van der Waals surface area (Å²) in [5.41, 5.74) is -0.462. The third-order valence-corrected chi connectivity index (χ3v) is 4.42. The van der Waals surface area contributed by atoms with Crippen LogP contribution in [-0.4, -0.2) is 36.1 Å². The number of nitro groups is 1. The van der Waals surface area contributed by atoms with Gasteiger partial charge in [0.1, 0.15) is 12.0 Å². The molecule has 1 aromatic rings. The van der Waals surface area contributed by atoms with Gasteiger partial charge in [0.15, 0.2) is 0 Å². The molecule has 126 valence electrons. The second-order valence-corrected chi connectivity index (χ2v) is 6.64. The van der Waals surface area contributed by atoms with Gasteiger partial charge in [0.2, 0.25) is 0 Å². The molecule has 0 atom stereocenters. The van der Waals surface area contributed by atoms with E-state index in [0.717, 1.165) is 38.2 Å². The van der Waals surface area contributed by atoms with Crippen LogP contribution in [0.1, 0.15) is 33.1 Å². The van der Waals surface area contributed by atoms with Crippen molar-refractivity contribution in [2.24, 2.45) is 11.3 Å². The van der Waals surface area contributed by atoms with Crippen LogP contribution in [0.25, 0.3) is 0 Å². The van der Waals surface area contributed by atoms with Crippen molar-refractivity contribution in [1.82, 2.24) is 4.98 Å². The molecule has 0 unspecified atom stereocenters. The fourth-order valence-electron chi connectivity index (χ4n) is 3.12. The minimum atomic E-state index is -0.465. The Bertz CT molecular complexity index is 563. The Labute approximate surface area is 135 Å². The molecular weight excluding hydrogens is 298 g/mol. The fraction of sp³-hybridized carbons (Fsp3) is 0.625. The van der Waals surface area contributed by atoms with Crippen molar-refractivity contribution in [3.8, 4) is 0 Å². The Kier molecular flexibility index (Phi) is 5.18. The number of carbonyl (C=O) groups is 1. The summed E-state index contributed by atoms with van der Waals surface area (Å²) in [7, 11) is 1.42. The number of rotatable bonds is 5. The van der Waals surface area contributed by atoms with Crippen molar-refractivity contribution in [1.29, 1.82) is 0 Å². The van der Waals surface area contributed by atoms with E-state index in [-0.39, 0.29) is 11.7 Å². The maximum Gasteiger partial charge on any atom is 0.311 e. The third kappa shape index (κ3) is 4.18. The number of nitrogens with zero attached hydrogens (tertiary/aromatic N) is 3. The summed E-state index contributed by atoms with van der Waals surface area (Å²) in [6, 6.07) is 3.17. The maximum absolute atomic E-state index is 11.8. The van der Waals surface area contributed by atoms with Gasteiger partial charge in [-0.15, -0.1) is 0 Å². The molecule has 2 heterocycles. The summed E-state index contributed by atoms with van der Waals surface area (Å²) >= 11 is 0. The topological polar surface area (TPSA) is 85.6 Å². The van der Waals surface area contributed by atoms with Crippen LogP contribution in [-0.2, 0) is 9.53 Å². The highest BCUT2D eigenvalue weighted by Gasteiger charge is 2.33. The van der Waals surface area contributed by atoms with Gasteiger partial charge in [-0.2, -0.15) is 0 Å². The Balaban J connectivity index is 1.91. The van der Waals surface area contributed by atoms with E-state index in [2.05, 4.69) is 9.88 Å². The number of aromatic nitrogens is 1. The summed E-state index contributed by atoms with van der Waals surface area (Å²) in [5, 5.41) is 10.7. The minimum Gasteiger partial charge on any atom is -0.469 e. The first kappa shape index (κ1) is 17.2. The molecule has 0 saturated carbocycles. The molecule has 1 saturated heterocycles. The third-order valence-electron chi connectivity index (χ3n) is 4.42. The molecule has 23 heavy (non-hydrogen) atoms. The first-order valence-corrected chi connectivity index (χ1v) is 7.77. The summed E-state index contributed by atoms with van der Waals surface area (Å²) in [5.74, 6) is 1.07. The van der Waals surface area contributed by atoms with E-state index in [1.54, 1.807) is 6.07 Å². The SMILES string of the molecule is COC(=O)C(C)(C)CC1CCN(c2ccc([N+](=O)[O-])cn2)CC1. The van der Waals surface area contributed by atoms with Gasteiger partial charge in [0.05, 0.1) is 17.4 Å². The average molecular weight is 321 g/mol. The van der Waals surface area contributed by atoms with Gasteiger partial charge in [-0.3, -0.25) is 14.9 Å². The number of methoxy groups -OCH3 is 1. The number of esters is 1. The molecule has 0 N–H and O–H groups in total. The monoisotopic (exact) mass is 321 g/mol. The van der Waals surface area contributed by atoms with E-state index in [0.29, 0.717) is 5.92 Å². The predicted molar refractivity (Wildman–Crippen MR) is 86.2 cm³/mol. The van der Waals surface area contributed by atoms with Gasteiger partial charge < -0.3 is 9.64 Å². The van der Waals surface area contributed by atoms with E-state index < -0.39 is 10.3 Å². The maximum atomic E-state index is 11.8. The molecule has 0 aromatic carbocycles. The molecule has 0 bridgehead atoms. The first-order valence-electron chi connectivity index (χ1n) is 7.77. The molecule has 0 amide bonds. The number of anilines is 1. The molecule has 1 aliphatic rings. The lowest BCUT2D eigenvalue weighted by Crippen LogP contribution is -2.37. The lowest BCUT2D eigenvalue weighted by Gasteiger charge is -2.35. The lowest BCUT2D eigenvalue weighted by molar-refractivity contribution is -0.385. The predicted octanol–water partition coefficient (Wildman–Crippen LogP) is 2.80. The normalized spacial score (nSPS) is 16.2. The van der Waals surface area contributed by atoms with Crippen LogP contribution in [0.2, 0.25) is 0 Å². The zero-order chi connectivity index (χ0) is 17.0. The second kappa shape index (κ2) is 6.93. The molecule has 7 heteroatoms. The summed E-state index contributed by atoms with van der Waals surface area (Å²) in [6.07, 6.45) is 4.04. The first-order chi connectivity index (χ1) is 10.8. The zero-order valence-electron chi connectivity index (χ0n) is 13.8. The van der Waals surface area contributed by atoms with Crippen LogP contribution in [0.15, 0.2) is 18.3 Å². The van der Waals surface area contributed by atoms with Crippen molar-refractivity contribution >= 4 is 17.5 Å². The molecule has 2 rings (SSSR count). The smallest absolute Gasteiger partial charge is 0.311 e. The second-order valence-electron chi connectivity index (χ2n) is 6.64. The Morgan fingerprint density at radius 2 is 2.09 bits per heavy atom. The van der Waals surface area contributed by atoms with Crippen LogP contribution in [0.4, 0.5) is 11.5 Å². The van der Waals surface area contributed by atoms with Crippen molar-refractivity contribution in [2.75, 3.05) is 25.1 Å². The van der Waals surface area contributed by atoms with E-state index in [4.69, 9.17) is 4.74 Å². The molecule has 1 aromatic heterocycles. The zero-order valence-corrected chi connectivity index (χ0v) is 13.8. The highest BCUT2D eigenvalue weighted by atomic mass is 16.6. The van der Waals surface area contributed by atoms with Gasteiger partial charge in [0, 0.05) is 19.2 Å². The number of hydrogen-bond donors (Lipinski definition) is 0. The number of hydrogen-bond acceptors (Lipinski definition) is 6. The van der Waals surface area contributed by atoms with Crippen LogP contribution in [0.5, 0.6) is 0 Å². The molecule has 0 aliphatic carbocycles. The number of carbonyl (C=O) groups excluding carboxylic acids is 1. The molecule has 0 radical (unpaired) electrons. The van der Waals surface area contributed by atoms with Gasteiger partial charge in [-0.1, -0.05) is 0 Å². The highest BCUT2D eigenvalue weighted by Crippen LogP contribution is 2.33. The van der Waals surface area contributed by atoms with Crippen molar-refractivity contribution in [3.63, 3.8) is 0 Å². The average Bonchev–Trinajstić information content (AvgIpc) is 2.54. The molecule has 7 nitrogen and oxygen atoms in total. The van der Waals surface area contributed by atoms with Gasteiger partial charge in [-0.05, 0) is 45.1 Å². The van der Waals surface area contributed by atoms with Crippen LogP contribution in [0, 0.1) is 21.4 Å². The van der Waals surface area contributed by atoms with E-state index in [1.165, 1.54) is 19.4 Å². The molecule has 1 aliphatic heterocycles. The van der Waals surface area contributed by atoms with E-state index in [1.807, 2.05) is 13.8 Å². The highest BCUT2D eigenvalue weighted by molar-refractivity contribution is 5.75. The van der Waals surface area contributed by atoms with Crippen LogP contribution in [0.3, 0.4) is 0 Å².